The molecule has 20 heavy (non-hydrogen) atoms. The molecule has 0 radical (unpaired) electrons. The van der Waals surface area contributed by atoms with E-state index in [0.29, 0.717) is 5.69 Å². The van der Waals surface area contributed by atoms with Gasteiger partial charge in [0.2, 0.25) is 0 Å². The van der Waals surface area contributed by atoms with Crippen LogP contribution >= 0.6 is 0 Å². The molecule has 1 aromatic carbocycles. The van der Waals surface area contributed by atoms with Crippen molar-refractivity contribution in [2.75, 3.05) is 5.32 Å². The smallest absolute Gasteiger partial charge is 0.254 e. The van der Waals surface area contributed by atoms with Crippen LogP contribution in [-0.4, -0.2) is 22.7 Å². The molecule has 0 bridgehead atoms. The second-order valence-corrected chi connectivity index (χ2v) is 7.01. The molecular weight excluding hydrogens is 254 g/mol. The van der Waals surface area contributed by atoms with Gasteiger partial charge < -0.3 is 15.2 Å². The summed E-state index contributed by atoms with van der Waals surface area (Å²) in [5.41, 5.74) is -0.0713. The van der Waals surface area contributed by atoms with E-state index in [4.69, 9.17) is 4.74 Å². The molecule has 0 saturated carbocycles. The fourth-order valence-electron chi connectivity index (χ4n) is 1.73. The third-order valence-electron chi connectivity index (χ3n) is 2.63. The van der Waals surface area contributed by atoms with Crippen LogP contribution in [0.3, 0.4) is 0 Å². The first-order chi connectivity index (χ1) is 8.99. The highest BCUT2D eigenvalue weighted by molar-refractivity contribution is 5.94. The molecule has 0 aliphatic heterocycles. The van der Waals surface area contributed by atoms with E-state index in [1.165, 1.54) is 12.1 Å². The first-order valence-electron chi connectivity index (χ1n) is 6.77. The largest absolute Gasteiger partial charge is 0.508 e. The number of phenols is 1. The average Bonchev–Trinajstić information content (AvgIpc) is 2.26. The lowest BCUT2D eigenvalue weighted by Crippen LogP contribution is -2.45. The number of hydrogen-bond donors (Lipinski definition) is 2. The van der Waals surface area contributed by atoms with Crippen molar-refractivity contribution >= 4 is 11.6 Å². The Hall–Kier alpha value is -1.55. The van der Waals surface area contributed by atoms with Crippen LogP contribution < -0.4 is 5.32 Å². The molecule has 1 aromatic rings. The third-order valence-corrected chi connectivity index (χ3v) is 2.63. The van der Waals surface area contributed by atoms with Gasteiger partial charge in [-0.2, -0.15) is 0 Å². The maximum absolute atomic E-state index is 12.4. The van der Waals surface area contributed by atoms with Gasteiger partial charge in [0.05, 0.1) is 5.60 Å². The number of phenolic OH excluding ortho intramolecular Hbond substituents is 1. The van der Waals surface area contributed by atoms with Gasteiger partial charge in [0, 0.05) is 5.69 Å². The lowest BCUT2D eigenvalue weighted by Gasteiger charge is -2.35. The lowest BCUT2D eigenvalue weighted by atomic mass is 9.87. The maximum atomic E-state index is 12.4. The summed E-state index contributed by atoms with van der Waals surface area (Å²) in [5, 5.41) is 12.1. The van der Waals surface area contributed by atoms with Crippen molar-refractivity contribution in [1.82, 2.24) is 0 Å². The number of amides is 1. The Morgan fingerprint density at radius 1 is 1.10 bits per heavy atom. The molecule has 0 saturated heterocycles. The minimum absolute atomic E-state index is 0.168. The monoisotopic (exact) mass is 279 g/mol. The molecule has 1 rings (SSSR count). The van der Waals surface area contributed by atoms with Gasteiger partial charge in [-0.3, -0.25) is 4.79 Å². The summed E-state index contributed by atoms with van der Waals surface area (Å²) in [6, 6.07) is 6.38. The van der Waals surface area contributed by atoms with E-state index < -0.39 is 11.7 Å². The summed E-state index contributed by atoms with van der Waals surface area (Å²) < 4.78 is 5.90. The van der Waals surface area contributed by atoms with Crippen LogP contribution in [0.15, 0.2) is 24.3 Å². The van der Waals surface area contributed by atoms with Gasteiger partial charge >= 0.3 is 0 Å². The molecule has 0 spiro atoms. The van der Waals surface area contributed by atoms with Gasteiger partial charge in [0.25, 0.3) is 5.91 Å². The number of aromatic hydroxyl groups is 1. The molecule has 0 aliphatic carbocycles. The summed E-state index contributed by atoms with van der Waals surface area (Å²) in [5.74, 6) is -0.0144. The number of benzene rings is 1. The van der Waals surface area contributed by atoms with E-state index in [2.05, 4.69) is 5.32 Å². The van der Waals surface area contributed by atoms with Crippen molar-refractivity contribution < 1.29 is 14.6 Å². The van der Waals surface area contributed by atoms with Gasteiger partial charge in [0.15, 0.2) is 0 Å². The highest BCUT2D eigenvalue weighted by atomic mass is 16.5. The molecule has 1 unspecified atom stereocenters. The Bertz CT molecular complexity index is 452. The number of rotatable bonds is 3. The predicted molar refractivity (Wildman–Crippen MR) is 80.8 cm³/mol. The molecular formula is C16H25NO3. The third kappa shape index (κ3) is 5.21. The summed E-state index contributed by atoms with van der Waals surface area (Å²) >= 11 is 0. The number of carbonyl (C=O) groups excluding carboxylic acids is 1. The van der Waals surface area contributed by atoms with E-state index in [1.807, 2.05) is 41.5 Å². The summed E-state index contributed by atoms with van der Waals surface area (Å²) in [7, 11) is 0. The van der Waals surface area contributed by atoms with Crippen LogP contribution in [0.4, 0.5) is 5.69 Å². The summed E-state index contributed by atoms with van der Waals surface area (Å²) in [6.07, 6.45) is -0.559. The van der Waals surface area contributed by atoms with Gasteiger partial charge in [-0.05, 0) is 50.5 Å². The van der Waals surface area contributed by atoms with Gasteiger partial charge in [-0.15, -0.1) is 0 Å². The predicted octanol–water partition coefficient (Wildman–Crippen LogP) is 3.56. The van der Waals surface area contributed by atoms with Crippen molar-refractivity contribution in [3.05, 3.63) is 24.3 Å². The van der Waals surface area contributed by atoms with Gasteiger partial charge in [-0.1, -0.05) is 20.8 Å². The van der Waals surface area contributed by atoms with Crippen molar-refractivity contribution in [2.24, 2.45) is 5.41 Å². The van der Waals surface area contributed by atoms with Crippen molar-refractivity contribution in [2.45, 2.75) is 53.2 Å². The zero-order valence-corrected chi connectivity index (χ0v) is 13.2. The number of anilines is 1. The fraction of sp³-hybridized carbons (Fsp3) is 0.562. The van der Waals surface area contributed by atoms with Crippen LogP contribution in [0.1, 0.15) is 41.5 Å². The highest BCUT2D eigenvalue weighted by Gasteiger charge is 2.35. The first-order valence-corrected chi connectivity index (χ1v) is 6.77. The van der Waals surface area contributed by atoms with Gasteiger partial charge in [-0.25, -0.2) is 0 Å². The average molecular weight is 279 g/mol. The van der Waals surface area contributed by atoms with Crippen molar-refractivity contribution in [1.29, 1.82) is 0 Å². The van der Waals surface area contributed by atoms with Crippen LogP contribution in [0, 0.1) is 5.41 Å². The SMILES string of the molecule is CC(C)(C)OC(C(=O)Nc1ccc(O)cc1)C(C)(C)C. The van der Waals surface area contributed by atoms with Crippen LogP contribution in [-0.2, 0) is 9.53 Å². The quantitative estimate of drug-likeness (QED) is 0.832. The fourth-order valence-corrected chi connectivity index (χ4v) is 1.73. The zero-order valence-electron chi connectivity index (χ0n) is 13.2. The Kier molecular flexibility index (Phi) is 4.81. The zero-order chi connectivity index (χ0) is 15.6. The van der Waals surface area contributed by atoms with E-state index in [1.54, 1.807) is 12.1 Å². The van der Waals surface area contributed by atoms with Crippen LogP contribution in [0.5, 0.6) is 5.75 Å². The standard InChI is InChI=1S/C16H25NO3/c1-15(2,3)13(20-16(4,5)6)14(19)17-11-7-9-12(18)10-8-11/h7-10,13,18H,1-6H3,(H,17,19). The molecule has 0 aromatic heterocycles. The van der Waals surface area contributed by atoms with Gasteiger partial charge in [0.1, 0.15) is 11.9 Å². The van der Waals surface area contributed by atoms with Crippen molar-refractivity contribution in [3.8, 4) is 5.75 Å². The molecule has 2 N–H and O–H groups in total. The molecule has 4 heteroatoms. The molecule has 0 fully saturated rings. The Morgan fingerprint density at radius 3 is 2.00 bits per heavy atom. The number of ether oxygens (including phenoxy) is 1. The molecule has 1 amide bonds. The normalized spacial score (nSPS) is 13.9. The summed E-state index contributed by atoms with van der Waals surface area (Å²) in [6.45, 7) is 11.7. The minimum Gasteiger partial charge on any atom is -0.508 e. The van der Waals surface area contributed by atoms with Crippen LogP contribution in [0.25, 0.3) is 0 Å². The molecule has 0 heterocycles. The maximum Gasteiger partial charge on any atom is 0.254 e. The molecule has 4 nitrogen and oxygen atoms in total. The molecule has 112 valence electrons. The van der Waals surface area contributed by atoms with E-state index in [9.17, 15) is 9.90 Å². The molecule has 0 aliphatic rings. The van der Waals surface area contributed by atoms with E-state index >= 15 is 0 Å². The Balaban J connectivity index is 2.86. The summed E-state index contributed by atoms with van der Waals surface area (Å²) in [4.78, 5) is 12.4. The van der Waals surface area contributed by atoms with Crippen LogP contribution in [0.2, 0.25) is 0 Å². The molecule has 1 atom stereocenters. The van der Waals surface area contributed by atoms with E-state index in [-0.39, 0.29) is 17.1 Å². The topological polar surface area (TPSA) is 58.6 Å². The number of carbonyl (C=O) groups is 1. The minimum atomic E-state index is -0.559. The Labute approximate surface area is 121 Å². The van der Waals surface area contributed by atoms with Crippen molar-refractivity contribution in [3.63, 3.8) is 0 Å². The lowest BCUT2D eigenvalue weighted by molar-refractivity contribution is -0.149. The number of hydrogen-bond acceptors (Lipinski definition) is 3. The van der Waals surface area contributed by atoms with E-state index in [0.717, 1.165) is 0 Å². The number of nitrogens with one attached hydrogen (secondary N) is 1. The first kappa shape index (κ1) is 16.5. The Morgan fingerprint density at radius 2 is 1.60 bits per heavy atom. The second-order valence-electron chi connectivity index (χ2n) is 7.01. The second kappa shape index (κ2) is 5.83. The highest BCUT2D eigenvalue weighted by Crippen LogP contribution is 2.28.